The number of amides is 1. The van der Waals surface area contributed by atoms with Crippen LogP contribution in [0.5, 0.6) is 0 Å². The number of hydrogen-bond acceptors (Lipinski definition) is 6. The SMILES string of the molecule is Cc1ccnc(-n2c(SCC(=O)N3CCOCC3)nc3ccccc3c2=O)c1. The zero-order valence-electron chi connectivity index (χ0n) is 15.5. The van der Waals surface area contributed by atoms with Gasteiger partial charge in [-0.05, 0) is 36.8 Å². The summed E-state index contributed by atoms with van der Waals surface area (Å²) in [6, 6.07) is 10.9. The molecule has 1 amide bonds. The van der Waals surface area contributed by atoms with E-state index in [4.69, 9.17) is 4.74 Å². The van der Waals surface area contributed by atoms with Gasteiger partial charge in [0.05, 0.1) is 29.9 Å². The number of carbonyl (C=O) groups excluding carboxylic acids is 1. The number of hydrogen-bond donors (Lipinski definition) is 0. The Morgan fingerprint density at radius 1 is 1.21 bits per heavy atom. The lowest BCUT2D eigenvalue weighted by molar-refractivity contribution is -0.132. The van der Waals surface area contributed by atoms with Gasteiger partial charge in [-0.3, -0.25) is 9.59 Å². The highest BCUT2D eigenvalue weighted by Crippen LogP contribution is 2.21. The topological polar surface area (TPSA) is 77.3 Å². The summed E-state index contributed by atoms with van der Waals surface area (Å²) < 4.78 is 6.79. The molecule has 0 bridgehead atoms. The summed E-state index contributed by atoms with van der Waals surface area (Å²) in [4.78, 5) is 36.5. The van der Waals surface area contributed by atoms with Crippen molar-refractivity contribution in [2.45, 2.75) is 12.1 Å². The summed E-state index contributed by atoms with van der Waals surface area (Å²) in [6.07, 6.45) is 1.67. The molecule has 0 spiro atoms. The van der Waals surface area contributed by atoms with Gasteiger partial charge in [0.25, 0.3) is 5.56 Å². The van der Waals surface area contributed by atoms with Gasteiger partial charge >= 0.3 is 0 Å². The van der Waals surface area contributed by atoms with Gasteiger partial charge in [0, 0.05) is 19.3 Å². The summed E-state index contributed by atoms with van der Waals surface area (Å²) in [6.45, 7) is 4.25. The van der Waals surface area contributed by atoms with Crippen molar-refractivity contribution in [3.63, 3.8) is 0 Å². The van der Waals surface area contributed by atoms with Crippen molar-refractivity contribution < 1.29 is 9.53 Å². The number of aromatic nitrogens is 3. The molecule has 4 rings (SSSR count). The van der Waals surface area contributed by atoms with E-state index in [-0.39, 0.29) is 17.2 Å². The molecule has 144 valence electrons. The lowest BCUT2D eigenvalue weighted by Gasteiger charge is -2.26. The zero-order chi connectivity index (χ0) is 19.5. The van der Waals surface area contributed by atoms with Crippen LogP contribution in [-0.2, 0) is 9.53 Å². The minimum atomic E-state index is -0.190. The van der Waals surface area contributed by atoms with Gasteiger partial charge in [0.15, 0.2) is 5.16 Å². The Labute approximate surface area is 166 Å². The molecule has 2 aromatic heterocycles. The number of carbonyl (C=O) groups is 1. The van der Waals surface area contributed by atoms with E-state index < -0.39 is 0 Å². The minimum absolute atomic E-state index is 0.0134. The van der Waals surface area contributed by atoms with E-state index in [1.54, 1.807) is 23.2 Å². The van der Waals surface area contributed by atoms with Gasteiger partial charge in [-0.1, -0.05) is 23.9 Å². The van der Waals surface area contributed by atoms with Crippen LogP contribution in [0.2, 0.25) is 0 Å². The first-order chi connectivity index (χ1) is 13.6. The maximum absolute atomic E-state index is 13.2. The van der Waals surface area contributed by atoms with Crippen molar-refractivity contribution in [2.24, 2.45) is 0 Å². The normalized spacial score (nSPS) is 14.4. The maximum Gasteiger partial charge on any atom is 0.267 e. The van der Waals surface area contributed by atoms with Crippen molar-refractivity contribution in [3.05, 3.63) is 58.5 Å². The summed E-state index contributed by atoms with van der Waals surface area (Å²) in [5, 5.41) is 0.984. The van der Waals surface area contributed by atoms with Crippen molar-refractivity contribution in [2.75, 3.05) is 32.1 Å². The monoisotopic (exact) mass is 396 g/mol. The molecule has 0 saturated carbocycles. The van der Waals surface area contributed by atoms with Crippen molar-refractivity contribution in [3.8, 4) is 5.82 Å². The Kier molecular flexibility index (Phi) is 5.40. The predicted octanol–water partition coefficient (Wildman–Crippen LogP) is 2.04. The minimum Gasteiger partial charge on any atom is -0.378 e. The number of benzene rings is 1. The molecule has 3 heterocycles. The fourth-order valence-electron chi connectivity index (χ4n) is 3.08. The van der Waals surface area contributed by atoms with Crippen LogP contribution in [-0.4, -0.2) is 57.4 Å². The third kappa shape index (κ3) is 3.79. The summed E-state index contributed by atoms with van der Waals surface area (Å²) in [7, 11) is 0. The van der Waals surface area contributed by atoms with E-state index in [1.165, 1.54) is 16.3 Å². The zero-order valence-corrected chi connectivity index (χ0v) is 16.3. The molecule has 1 saturated heterocycles. The van der Waals surface area contributed by atoms with Crippen LogP contribution in [0.15, 0.2) is 52.5 Å². The highest BCUT2D eigenvalue weighted by molar-refractivity contribution is 7.99. The molecular weight excluding hydrogens is 376 g/mol. The fraction of sp³-hybridized carbons (Fsp3) is 0.300. The Bertz CT molecular complexity index is 1080. The lowest BCUT2D eigenvalue weighted by Crippen LogP contribution is -2.41. The fourth-order valence-corrected chi connectivity index (χ4v) is 3.99. The number of morpholine rings is 1. The summed E-state index contributed by atoms with van der Waals surface area (Å²) in [5.41, 5.74) is 1.41. The molecule has 0 aliphatic carbocycles. The van der Waals surface area contributed by atoms with E-state index in [0.29, 0.717) is 48.2 Å². The standard InChI is InChI=1S/C20H20N4O3S/c1-14-6-7-21-17(12-14)24-19(26)15-4-2-3-5-16(15)22-20(24)28-13-18(25)23-8-10-27-11-9-23/h2-7,12H,8-11,13H2,1H3. The van der Waals surface area contributed by atoms with Crippen LogP contribution in [0.1, 0.15) is 5.56 Å². The number of nitrogens with zero attached hydrogens (tertiary/aromatic N) is 4. The largest absolute Gasteiger partial charge is 0.378 e. The summed E-state index contributed by atoms with van der Waals surface area (Å²) >= 11 is 1.26. The van der Waals surface area contributed by atoms with E-state index >= 15 is 0 Å². The molecule has 28 heavy (non-hydrogen) atoms. The van der Waals surface area contributed by atoms with E-state index in [1.807, 2.05) is 31.2 Å². The maximum atomic E-state index is 13.2. The lowest BCUT2D eigenvalue weighted by atomic mass is 10.2. The molecule has 3 aromatic rings. The van der Waals surface area contributed by atoms with Gasteiger partial charge in [-0.25, -0.2) is 14.5 Å². The summed E-state index contributed by atoms with van der Waals surface area (Å²) in [5.74, 6) is 0.723. The molecule has 1 aliphatic rings. The smallest absolute Gasteiger partial charge is 0.267 e. The van der Waals surface area contributed by atoms with Crippen LogP contribution in [0.25, 0.3) is 16.7 Å². The number of thioether (sulfide) groups is 1. The average Bonchev–Trinajstić information content (AvgIpc) is 2.73. The van der Waals surface area contributed by atoms with Crippen LogP contribution in [0, 0.1) is 6.92 Å². The van der Waals surface area contributed by atoms with Gasteiger partial charge in [-0.2, -0.15) is 0 Å². The van der Waals surface area contributed by atoms with Crippen LogP contribution >= 0.6 is 11.8 Å². The van der Waals surface area contributed by atoms with Crippen LogP contribution in [0.3, 0.4) is 0 Å². The third-order valence-corrected chi connectivity index (χ3v) is 5.49. The molecule has 0 N–H and O–H groups in total. The average molecular weight is 396 g/mol. The molecular formula is C20H20N4O3S. The molecule has 1 aliphatic heterocycles. The Hall–Kier alpha value is -2.71. The number of ether oxygens (including phenoxy) is 1. The molecule has 1 fully saturated rings. The van der Waals surface area contributed by atoms with Gasteiger partial charge in [0.1, 0.15) is 5.82 Å². The Morgan fingerprint density at radius 3 is 2.79 bits per heavy atom. The van der Waals surface area contributed by atoms with Gasteiger partial charge in [0.2, 0.25) is 5.91 Å². The second kappa shape index (κ2) is 8.12. The molecule has 8 heteroatoms. The van der Waals surface area contributed by atoms with E-state index in [2.05, 4.69) is 9.97 Å². The Balaban J connectivity index is 1.72. The molecule has 7 nitrogen and oxygen atoms in total. The number of para-hydroxylation sites is 1. The first kappa shape index (κ1) is 18.6. The second-order valence-electron chi connectivity index (χ2n) is 6.53. The number of rotatable bonds is 4. The third-order valence-electron chi connectivity index (χ3n) is 4.56. The first-order valence-electron chi connectivity index (χ1n) is 9.06. The second-order valence-corrected chi connectivity index (χ2v) is 7.47. The first-order valence-corrected chi connectivity index (χ1v) is 10.1. The van der Waals surface area contributed by atoms with Crippen molar-refractivity contribution in [1.29, 1.82) is 0 Å². The quantitative estimate of drug-likeness (QED) is 0.496. The molecule has 0 radical (unpaired) electrons. The van der Waals surface area contributed by atoms with Crippen LogP contribution in [0.4, 0.5) is 0 Å². The molecule has 0 unspecified atom stereocenters. The van der Waals surface area contributed by atoms with Gasteiger partial charge < -0.3 is 9.64 Å². The van der Waals surface area contributed by atoms with E-state index in [9.17, 15) is 9.59 Å². The number of fused-ring (bicyclic) bond motifs is 1. The number of pyridine rings is 1. The van der Waals surface area contributed by atoms with Crippen molar-refractivity contribution in [1.82, 2.24) is 19.4 Å². The van der Waals surface area contributed by atoms with E-state index in [0.717, 1.165) is 5.56 Å². The van der Waals surface area contributed by atoms with Crippen molar-refractivity contribution >= 4 is 28.6 Å². The molecule has 0 atom stereocenters. The Morgan fingerprint density at radius 2 is 2.00 bits per heavy atom. The highest BCUT2D eigenvalue weighted by atomic mass is 32.2. The van der Waals surface area contributed by atoms with Gasteiger partial charge in [-0.15, -0.1) is 0 Å². The van der Waals surface area contributed by atoms with Crippen LogP contribution < -0.4 is 5.56 Å². The molecule has 1 aromatic carbocycles. The highest BCUT2D eigenvalue weighted by Gasteiger charge is 2.20. The predicted molar refractivity (Wildman–Crippen MR) is 108 cm³/mol. The number of aryl methyl sites for hydroxylation is 1.